The first-order chi connectivity index (χ1) is 13.6. The molecular formula is C22H24F2O3S. The van der Waals surface area contributed by atoms with E-state index in [4.69, 9.17) is 4.74 Å². The van der Waals surface area contributed by atoms with Crippen LogP contribution >= 0.6 is 11.8 Å². The lowest BCUT2D eigenvalue weighted by atomic mass is 10.1. The van der Waals surface area contributed by atoms with Crippen molar-refractivity contribution in [1.29, 1.82) is 0 Å². The van der Waals surface area contributed by atoms with E-state index in [1.165, 1.54) is 18.9 Å². The SMILES string of the molecule is COC(=O)CCS[C@@H](C=C(F)F)CCc1ccc(OCc2ccccc2)cc1. The number of rotatable bonds is 11. The molecule has 0 bridgehead atoms. The van der Waals surface area contributed by atoms with Gasteiger partial charge in [0.15, 0.2) is 0 Å². The minimum atomic E-state index is -1.69. The maximum absolute atomic E-state index is 12.7. The topological polar surface area (TPSA) is 35.5 Å². The minimum absolute atomic E-state index is 0.215. The molecule has 3 nitrogen and oxygen atoms in total. The average molecular weight is 406 g/mol. The van der Waals surface area contributed by atoms with Gasteiger partial charge in [0.25, 0.3) is 6.08 Å². The molecule has 0 unspecified atom stereocenters. The second kappa shape index (κ2) is 12.2. The van der Waals surface area contributed by atoms with Gasteiger partial charge in [0.2, 0.25) is 0 Å². The molecule has 0 amide bonds. The summed E-state index contributed by atoms with van der Waals surface area (Å²) in [6.45, 7) is 0.500. The maximum atomic E-state index is 12.7. The number of hydrogen-bond donors (Lipinski definition) is 0. The summed E-state index contributed by atoms with van der Waals surface area (Å²) in [6, 6.07) is 17.6. The van der Waals surface area contributed by atoms with Crippen LogP contribution in [0.15, 0.2) is 66.8 Å². The molecule has 0 spiro atoms. The number of aryl methyl sites for hydroxylation is 1. The second-order valence-corrected chi connectivity index (χ2v) is 7.50. The van der Waals surface area contributed by atoms with E-state index >= 15 is 0 Å². The zero-order valence-electron chi connectivity index (χ0n) is 15.8. The first-order valence-electron chi connectivity index (χ1n) is 9.03. The van der Waals surface area contributed by atoms with Gasteiger partial charge in [-0.3, -0.25) is 4.79 Å². The number of ether oxygens (including phenoxy) is 2. The van der Waals surface area contributed by atoms with Crippen LogP contribution in [0.1, 0.15) is 24.0 Å². The van der Waals surface area contributed by atoms with Gasteiger partial charge < -0.3 is 9.47 Å². The van der Waals surface area contributed by atoms with E-state index in [0.29, 0.717) is 25.2 Å². The summed E-state index contributed by atoms with van der Waals surface area (Å²) in [5.74, 6) is 0.890. The van der Waals surface area contributed by atoms with Crippen molar-refractivity contribution in [2.45, 2.75) is 31.1 Å². The zero-order valence-corrected chi connectivity index (χ0v) is 16.6. The molecule has 1 atom stereocenters. The molecule has 0 aromatic heterocycles. The molecule has 0 radical (unpaired) electrons. The van der Waals surface area contributed by atoms with Crippen LogP contribution in [0.3, 0.4) is 0 Å². The summed E-state index contributed by atoms with van der Waals surface area (Å²) in [6.07, 6.45) is 0.707. The number of carbonyl (C=O) groups is 1. The molecule has 0 heterocycles. The fourth-order valence-corrected chi connectivity index (χ4v) is 3.62. The molecular weight excluding hydrogens is 382 g/mol. The molecule has 0 aliphatic rings. The van der Waals surface area contributed by atoms with Crippen LogP contribution in [0.4, 0.5) is 8.78 Å². The highest BCUT2D eigenvalue weighted by Crippen LogP contribution is 2.23. The number of benzene rings is 2. The number of carbonyl (C=O) groups excluding carboxylic acids is 1. The third kappa shape index (κ3) is 8.57. The van der Waals surface area contributed by atoms with E-state index in [-0.39, 0.29) is 17.6 Å². The lowest BCUT2D eigenvalue weighted by Gasteiger charge is -2.12. The van der Waals surface area contributed by atoms with Crippen molar-refractivity contribution in [2.24, 2.45) is 0 Å². The van der Waals surface area contributed by atoms with Crippen molar-refractivity contribution < 1.29 is 23.0 Å². The molecule has 0 aliphatic heterocycles. The fraction of sp³-hybridized carbons (Fsp3) is 0.318. The normalized spacial score (nSPS) is 11.5. The Balaban J connectivity index is 1.81. The van der Waals surface area contributed by atoms with Gasteiger partial charge in [-0.15, -0.1) is 0 Å². The van der Waals surface area contributed by atoms with Gasteiger partial charge in [0.1, 0.15) is 12.4 Å². The Morgan fingerprint density at radius 3 is 2.43 bits per heavy atom. The molecule has 0 fully saturated rings. The standard InChI is InChI=1S/C22H24F2O3S/c1-26-22(25)13-14-28-20(15-21(23)24)12-9-17-7-10-19(11-8-17)27-16-18-5-3-2-4-6-18/h2-8,10-11,15,20H,9,12-14,16H2,1H3/t20-/m1/s1. The lowest BCUT2D eigenvalue weighted by Crippen LogP contribution is -2.06. The van der Waals surface area contributed by atoms with E-state index in [1.54, 1.807) is 0 Å². The smallest absolute Gasteiger partial charge is 0.306 e. The highest BCUT2D eigenvalue weighted by atomic mass is 32.2. The van der Waals surface area contributed by atoms with Gasteiger partial charge >= 0.3 is 5.97 Å². The quantitative estimate of drug-likeness (QED) is 0.452. The van der Waals surface area contributed by atoms with Crippen LogP contribution < -0.4 is 4.74 Å². The Bertz CT molecular complexity index is 744. The number of esters is 1. The van der Waals surface area contributed by atoms with Gasteiger partial charge in [0, 0.05) is 11.0 Å². The largest absolute Gasteiger partial charge is 0.489 e. The first-order valence-corrected chi connectivity index (χ1v) is 10.1. The summed E-state index contributed by atoms with van der Waals surface area (Å²) >= 11 is 1.34. The maximum Gasteiger partial charge on any atom is 0.306 e. The number of halogens is 2. The molecule has 2 aromatic rings. The molecule has 0 N–H and O–H groups in total. The van der Waals surface area contributed by atoms with Crippen LogP contribution in [0.5, 0.6) is 5.75 Å². The van der Waals surface area contributed by atoms with Gasteiger partial charge in [0.05, 0.1) is 13.5 Å². The molecule has 2 aromatic carbocycles. The summed E-state index contributed by atoms with van der Waals surface area (Å²) < 4.78 is 35.7. The predicted octanol–water partition coefficient (Wildman–Crippen LogP) is 5.64. The third-order valence-electron chi connectivity index (χ3n) is 4.07. The average Bonchev–Trinajstić information content (AvgIpc) is 2.71. The van der Waals surface area contributed by atoms with Crippen LogP contribution in [-0.2, 0) is 22.6 Å². The monoisotopic (exact) mass is 406 g/mol. The van der Waals surface area contributed by atoms with Crippen molar-refractivity contribution in [2.75, 3.05) is 12.9 Å². The Kier molecular flexibility index (Phi) is 9.55. The van der Waals surface area contributed by atoms with Crippen molar-refractivity contribution in [3.63, 3.8) is 0 Å². The van der Waals surface area contributed by atoms with Gasteiger partial charge in [-0.1, -0.05) is 42.5 Å². The van der Waals surface area contributed by atoms with Crippen LogP contribution in [0, 0.1) is 0 Å². The van der Waals surface area contributed by atoms with E-state index in [1.807, 2.05) is 54.6 Å². The van der Waals surface area contributed by atoms with Crippen LogP contribution in [-0.4, -0.2) is 24.1 Å². The van der Waals surface area contributed by atoms with Crippen LogP contribution in [0.2, 0.25) is 0 Å². The highest BCUT2D eigenvalue weighted by Gasteiger charge is 2.11. The summed E-state index contributed by atoms with van der Waals surface area (Å²) in [5, 5.41) is -0.344. The lowest BCUT2D eigenvalue weighted by molar-refractivity contribution is -0.140. The summed E-state index contributed by atoms with van der Waals surface area (Å²) in [4.78, 5) is 11.2. The Morgan fingerprint density at radius 2 is 1.79 bits per heavy atom. The van der Waals surface area contributed by atoms with Gasteiger partial charge in [-0.25, -0.2) is 0 Å². The van der Waals surface area contributed by atoms with Crippen molar-refractivity contribution in [3.05, 3.63) is 77.9 Å². The van der Waals surface area contributed by atoms with Gasteiger partial charge in [-0.2, -0.15) is 20.5 Å². The minimum Gasteiger partial charge on any atom is -0.489 e. The number of hydrogen-bond acceptors (Lipinski definition) is 4. The Hall–Kier alpha value is -2.34. The molecule has 6 heteroatoms. The number of methoxy groups -OCH3 is 1. The molecule has 0 saturated carbocycles. The van der Waals surface area contributed by atoms with Gasteiger partial charge in [-0.05, 0) is 42.2 Å². The molecule has 150 valence electrons. The van der Waals surface area contributed by atoms with E-state index in [2.05, 4.69) is 4.74 Å². The summed E-state index contributed by atoms with van der Waals surface area (Å²) in [7, 11) is 1.32. The van der Waals surface area contributed by atoms with E-state index in [0.717, 1.165) is 23.0 Å². The first kappa shape index (κ1) is 22.0. The van der Waals surface area contributed by atoms with Crippen molar-refractivity contribution in [1.82, 2.24) is 0 Å². The number of thioether (sulfide) groups is 1. The van der Waals surface area contributed by atoms with E-state index in [9.17, 15) is 13.6 Å². The van der Waals surface area contributed by atoms with Crippen molar-refractivity contribution >= 4 is 17.7 Å². The van der Waals surface area contributed by atoms with Crippen molar-refractivity contribution in [3.8, 4) is 5.75 Å². The summed E-state index contributed by atoms with van der Waals surface area (Å²) in [5.41, 5.74) is 2.15. The third-order valence-corrected chi connectivity index (χ3v) is 5.31. The Labute approximate surface area is 168 Å². The molecule has 0 saturated heterocycles. The predicted molar refractivity (Wildman–Crippen MR) is 109 cm³/mol. The van der Waals surface area contributed by atoms with Crippen LogP contribution in [0.25, 0.3) is 0 Å². The Morgan fingerprint density at radius 1 is 1.07 bits per heavy atom. The van der Waals surface area contributed by atoms with E-state index < -0.39 is 6.08 Å². The molecule has 0 aliphatic carbocycles. The highest BCUT2D eigenvalue weighted by molar-refractivity contribution is 8.00. The molecule has 28 heavy (non-hydrogen) atoms. The zero-order chi connectivity index (χ0) is 20.2. The fourth-order valence-electron chi connectivity index (χ4n) is 2.55. The second-order valence-electron chi connectivity index (χ2n) is 6.15. The molecule has 2 rings (SSSR count).